The van der Waals surface area contributed by atoms with Crippen molar-refractivity contribution >= 4 is 0 Å². The normalized spacial score (nSPS) is 13.7. The minimum Gasteiger partial charge on any atom is -0.507 e. The molecule has 0 aromatic heterocycles. The van der Waals surface area contributed by atoms with Crippen molar-refractivity contribution in [2.24, 2.45) is 0 Å². The van der Waals surface area contributed by atoms with E-state index in [-0.39, 0.29) is 0 Å². The van der Waals surface area contributed by atoms with Crippen LogP contribution in [0.5, 0.6) is 5.75 Å². The van der Waals surface area contributed by atoms with Crippen molar-refractivity contribution in [3.8, 4) is 5.75 Å². The van der Waals surface area contributed by atoms with Gasteiger partial charge in [-0.2, -0.15) is 13.2 Å². The van der Waals surface area contributed by atoms with E-state index in [4.69, 9.17) is 0 Å². The predicted octanol–water partition coefficient (Wildman–Crippen LogP) is 5.01. The molecule has 1 rings (SSSR count). The average Bonchev–Trinajstić information content (AvgIpc) is 2.11. The summed E-state index contributed by atoms with van der Waals surface area (Å²) in [6.45, 7) is 10.9. The SMILES string of the molecule is CC(C)(C)c1cc(C(C)(C)C)c(O)c(C(F)(F)F)c1. The molecular weight excluding hydrogens is 253 g/mol. The highest BCUT2D eigenvalue weighted by Gasteiger charge is 2.37. The first-order chi connectivity index (χ1) is 8.24. The van der Waals surface area contributed by atoms with Crippen molar-refractivity contribution in [2.45, 2.75) is 58.5 Å². The second-order valence-electron chi connectivity index (χ2n) is 6.92. The zero-order valence-electron chi connectivity index (χ0n) is 12.2. The van der Waals surface area contributed by atoms with Gasteiger partial charge in [0.05, 0.1) is 5.56 Å². The summed E-state index contributed by atoms with van der Waals surface area (Å²) in [5.74, 6) is -0.659. The Balaban J connectivity index is 3.68. The fourth-order valence-electron chi connectivity index (χ4n) is 1.86. The lowest BCUT2D eigenvalue weighted by atomic mass is 9.79. The Morgan fingerprint density at radius 3 is 1.53 bits per heavy atom. The summed E-state index contributed by atoms with van der Waals surface area (Å²) in [7, 11) is 0. The third kappa shape index (κ3) is 3.43. The summed E-state index contributed by atoms with van der Waals surface area (Å²) in [5, 5.41) is 9.93. The smallest absolute Gasteiger partial charge is 0.419 e. The van der Waals surface area contributed by atoms with Crippen molar-refractivity contribution in [2.75, 3.05) is 0 Å². The fourth-order valence-corrected chi connectivity index (χ4v) is 1.86. The standard InChI is InChI=1S/C15H21F3O/c1-13(2,3)9-7-10(14(4,5)6)12(19)11(8-9)15(16,17)18/h7-8,19H,1-6H3. The van der Waals surface area contributed by atoms with Crippen LogP contribution in [0.2, 0.25) is 0 Å². The van der Waals surface area contributed by atoms with E-state index < -0.39 is 28.3 Å². The number of halogens is 3. The Labute approximate surface area is 112 Å². The van der Waals surface area contributed by atoms with Crippen LogP contribution in [0, 0.1) is 0 Å². The summed E-state index contributed by atoms with van der Waals surface area (Å²) in [4.78, 5) is 0. The predicted molar refractivity (Wildman–Crippen MR) is 70.5 cm³/mol. The molecule has 4 heteroatoms. The van der Waals surface area contributed by atoms with Crippen molar-refractivity contribution in [3.05, 3.63) is 28.8 Å². The Bertz CT molecular complexity index is 439. The van der Waals surface area contributed by atoms with E-state index in [1.807, 2.05) is 20.8 Å². The van der Waals surface area contributed by atoms with Gasteiger partial charge < -0.3 is 5.11 Å². The molecule has 0 unspecified atom stereocenters. The third-order valence-corrected chi connectivity index (χ3v) is 3.09. The lowest BCUT2D eigenvalue weighted by Crippen LogP contribution is -2.19. The second-order valence-corrected chi connectivity index (χ2v) is 6.92. The highest BCUT2D eigenvalue weighted by Crippen LogP contribution is 2.44. The third-order valence-electron chi connectivity index (χ3n) is 3.09. The first kappa shape index (κ1) is 15.9. The van der Waals surface area contributed by atoms with Gasteiger partial charge in [0, 0.05) is 5.56 Å². The maximum atomic E-state index is 13.0. The first-order valence-corrected chi connectivity index (χ1v) is 6.20. The maximum Gasteiger partial charge on any atom is 0.419 e. The number of rotatable bonds is 0. The van der Waals surface area contributed by atoms with Crippen LogP contribution < -0.4 is 0 Å². The van der Waals surface area contributed by atoms with E-state index in [1.54, 1.807) is 26.8 Å². The van der Waals surface area contributed by atoms with Gasteiger partial charge >= 0.3 is 6.18 Å². The van der Waals surface area contributed by atoms with Gasteiger partial charge in [0.1, 0.15) is 5.75 Å². The summed E-state index contributed by atoms with van der Waals surface area (Å²) >= 11 is 0. The molecule has 108 valence electrons. The molecule has 0 heterocycles. The van der Waals surface area contributed by atoms with Gasteiger partial charge in [0.25, 0.3) is 0 Å². The van der Waals surface area contributed by atoms with E-state index in [0.717, 1.165) is 6.07 Å². The average molecular weight is 274 g/mol. The fraction of sp³-hybridized carbons (Fsp3) is 0.600. The lowest BCUT2D eigenvalue weighted by Gasteiger charge is -2.28. The molecule has 0 radical (unpaired) electrons. The quantitative estimate of drug-likeness (QED) is 0.705. The number of benzene rings is 1. The van der Waals surface area contributed by atoms with Crippen molar-refractivity contribution in [1.29, 1.82) is 0 Å². The molecule has 0 amide bonds. The molecular formula is C15H21F3O. The largest absolute Gasteiger partial charge is 0.507 e. The van der Waals surface area contributed by atoms with E-state index in [2.05, 4.69) is 0 Å². The summed E-state index contributed by atoms with van der Waals surface area (Å²) in [5.41, 5.74) is -1.02. The molecule has 1 nitrogen and oxygen atoms in total. The van der Waals surface area contributed by atoms with Crippen molar-refractivity contribution < 1.29 is 18.3 Å². The number of alkyl halides is 3. The van der Waals surface area contributed by atoms with Gasteiger partial charge in [-0.3, -0.25) is 0 Å². The molecule has 0 spiro atoms. The Hall–Kier alpha value is -1.19. The van der Waals surface area contributed by atoms with Crippen LogP contribution >= 0.6 is 0 Å². The van der Waals surface area contributed by atoms with E-state index in [9.17, 15) is 18.3 Å². The maximum absolute atomic E-state index is 13.0. The van der Waals surface area contributed by atoms with Crippen molar-refractivity contribution in [3.63, 3.8) is 0 Å². The topological polar surface area (TPSA) is 20.2 Å². The van der Waals surface area contributed by atoms with E-state index in [0.29, 0.717) is 11.1 Å². The molecule has 0 aliphatic carbocycles. The van der Waals surface area contributed by atoms with Crippen LogP contribution in [0.1, 0.15) is 58.2 Å². The highest BCUT2D eigenvalue weighted by molar-refractivity contribution is 5.49. The Morgan fingerprint density at radius 1 is 0.789 bits per heavy atom. The monoisotopic (exact) mass is 274 g/mol. The second kappa shape index (κ2) is 4.43. The molecule has 0 fully saturated rings. The molecule has 0 aliphatic heterocycles. The van der Waals surface area contributed by atoms with Crippen LogP contribution in [0.15, 0.2) is 12.1 Å². The van der Waals surface area contributed by atoms with Gasteiger partial charge in [-0.05, 0) is 22.5 Å². The Kier molecular flexibility index (Phi) is 3.70. The number of hydrogen-bond acceptors (Lipinski definition) is 1. The molecule has 19 heavy (non-hydrogen) atoms. The molecule has 1 aromatic rings. The number of aromatic hydroxyl groups is 1. The molecule has 0 bridgehead atoms. The molecule has 0 atom stereocenters. The van der Waals surface area contributed by atoms with Crippen LogP contribution in [0.3, 0.4) is 0 Å². The van der Waals surface area contributed by atoms with Gasteiger partial charge in [-0.1, -0.05) is 47.6 Å². The summed E-state index contributed by atoms with van der Waals surface area (Å²) in [6.07, 6.45) is -4.55. The summed E-state index contributed by atoms with van der Waals surface area (Å²) in [6, 6.07) is 2.72. The minimum atomic E-state index is -4.55. The molecule has 0 aliphatic rings. The first-order valence-electron chi connectivity index (χ1n) is 6.20. The zero-order chi connectivity index (χ0) is 15.2. The summed E-state index contributed by atoms with van der Waals surface area (Å²) < 4.78 is 39.1. The number of hydrogen-bond donors (Lipinski definition) is 1. The number of phenols is 1. The van der Waals surface area contributed by atoms with Gasteiger partial charge in [0.15, 0.2) is 0 Å². The van der Waals surface area contributed by atoms with E-state index >= 15 is 0 Å². The van der Waals surface area contributed by atoms with Crippen molar-refractivity contribution in [1.82, 2.24) is 0 Å². The molecule has 1 aromatic carbocycles. The highest BCUT2D eigenvalue weighted by atomic mass is 19.4. The van der Waals surface area contributed by atoms with E-state index in [1.165, 1.54) is 0 Å². The Morgan fingerprint density at radius 2 is 1.21 bits per heavy atom. The number of phenolic OH excluding ortho intramolecular Hbond substituents is 1. The lowest BCUT2D eigenvalue weighted by molar-refractivity contribution is -0.138. The zero-order valence-corrected chi connectivity index (χ0v) is 12.2. The van der Waals surface area contributed by atoms with Crippen LogP contribution in [0.25, 0.3) is 0 Å². The molecule has 0 saturated heterocycles. The van der Waals surface area contributed by atoms with Gasteiger partial charge in [0.2, 0.25) is 0 Å². The van der Waals surface area contributed by atoms with Crippen LogP contribution in [0.4, 0.5) is 13.2 Å². The van der Waals surface area contributed by atoms with Crippen LogP contribution in [-0.4, -0.2) is 5.11 Å². The van der Waals surface area contributed by atoms with Gasteiger partial charge in [-0.15, -0.1) is 0 Å². The minimum absolute atomic E-state index is 0.326. The van der Waals surface area contributed by atoms with Crippen LogP contribution in [-0.2, 0) is 17.0 Å². The molecule has 1 N–H and O–H groups in total. The molecule has 0 saturated carbocycles. The van der Waals surface area contributed by atoms with Gasteiger partial charge in [-0.25, -0.2) is 0 Å².